The van der Waals surface area contributed by atoms with Crippen LogP contribution in [0.5, 0.6) is 0 Å². The van der Waals surface area contributed by atoms with Crippen molar-refractivity contribution in [1.29, 1.82) is 0 Å². The average molecular weight is 258 g/mol. The monoisotopic (exact) mass is 258 g/mol. The minimum Gasteiger partial charge on any atom is -0.400 e. The van der Waals surface area contributed by atoms with Crippen LogP contribution in [-0.2, 0) is 9.31 Å². The van der Waals surface area contributed by atoms with Gasteiger partial charge in [-0.2, -0.15) is 0 Å². The van der Waals surface area contributed by atoms with E-state index in [4.69, 9.17) is 9.31 Å². The van der Waals surface area contributed by atoms with Crippen LogP contribution in [0.1, 0.15) is 53.4 Å². The van der Waals surface area contributed by atoms with E-state index < -0.39 is 24.2 Å². The summed E-state index contributed by atoms with van der Waals surface area (Å²) < 4.78 is 38.4. The fourth-order valence-electron chi connectivity index (χ4n) is 2.24. The lowest BCUT2D eigenvalue weighted by Gasteiger charge is -2.32. The zero-order valence-corrected chi connectivity index (χ0v) is 11.6. The molecule has 0 bridgehead atoms. The van der Waals surface area contributed by atoms with E-state index in [0.717, 1.165) is 5.47 Å². The maximum absolute atomic E-state index is 13.3. The second kappa shape index (κ2) is 4.31. The van der Waals surface area contributed by atoms with E-state index in [1.54, 1.807) is 6.08 Å². The summed E-state index contributed by atoms with van der Waals surface area (Å²) in [5.74, 6) is -2.58. The Morgan fingerprint density at radius 3 is 2.22 bits per heavy atom. The molecule has 2 nitrogen and oxygen atoms in total. The summed E-state index contributed by atoms with van der Waals surface area (Å²) in [7, 11) is -0.469. The number of rotatable bonds is 1. The molecule has 0 aromatic heterocycles. The summed E-state index contributed by atoms with van der Waals surface area (Å²) in [4.78, 5) is 0. The molecule has 0 N–H and O–H groups in total. The van der Waals surface area contributed by atoms with Gasteiger partial charge in [0.2, 0.25) is 0 Å². The van der Waals surface area contributed by atoms with Crippen LogP contribution in [-0.4, -0.2) is 24.2 Å². The van der Waals surface area contributed by atoms with Gasteiger partial charge in [0.1, 0.15) is 0 Å². The van der Waals surface area contributed by atoms with Crippen LogP contribution < -0.4 is 0 Å². The first-order chi connectivity index (χ1) is 8.13. The van der Waals surface area contributed by atoms with Crippen molar-refractivity contribution in [2.45, 2.75) is 70.5 Å². The van der Waals surface area contributed by atoms with Gasteiger partial charge in [0.25, 0.3) is 5.92 Å². The lowest BCUT2D eigenvalue weighted by Crippen LogP contribution is -2.41. The van der Waals surface area contributed by atoms with Gasteiger partial charge in [-0.3, -0.25) is 0 Å². The van der Waals surface area contributed by atoms with E-state index in [1.165, 1.54) is 0 Å². The summed E-state index contributed by atoms with van der Waals surface area (Å²) in [5.41, 5.74) is 0.0477. The Hall–Kier alpha value is -0.415. The van der Waals surface area contributed by atoms with Crippen LogP contribution in [0.25, 0.3) is 0 Å². The fourth-order valence-corrected chi connectivity index (χ4v) is 2.24. The van der Waals surface area contributed by atoms with Crippen LogP contribution in [0.2, 0.25) is 0 Å². The molecule has 0 amide bonds. The smallest absolute Gasteiger partial charge is 0.400 e. The molecule has 0 unspecified atom stereocenters. The zero-order chi connectivity index (χ0) is 13.6. The normalized spacial score (nSPS) is 29.9. The van der Waals surface area contributed by atoms with Crippen LogP contribution in [0.15, 0.2) is 11.5 Å². The molecular formula is C13H21BF2O2. The largest absolute Gasteiger partial charge is 0.490 e. The third-order valence-corrected chi connectivity index (χ3v) is 4.23. The van der Waals surface area contributed by atoms with Crippen LogP contribution in [0, 0.1) is 0 Å². The molecule has 0 radical (unpaired) electrons. The molecule has 0 aromatic rings. The number of hydrogen-bond donors (Lipinski definition) is 0. The molecule has 2 aliphatic rings. The SMILES string of the molecule is CC1(C)OB(C2=CCC(F)(F)CCC2)OC1(C)C. The highest BCUT2D eigenvalue weighted by Crippen LogP contribution is 2.41. The van der Waals surface area contributed by atoms with Crippen molar-refractivity contribution in [2.24, 2.45) is 0 Å². The van der Waals surface area contributed by atoms with Crippen molar-refractivity contribution in [3.05, 3.63) is 11.5 Å². The fraction of sp³-hybridized carbons (Fsp3) is 0.846. The highest BCUT2D eigenvalue weighted by molar-refractivity contribution is 6.54. The van der Waals surface area contributed by atoms with Crippen molar-refractivity contribution >= 4 is 7.12 Å². The Morgan fingerprint density at radius 1 is 1.11 bits per heavy atom. The summed E-state index contributed by atoms with van der Waals surface area (Å²) in [5, 5.41) is 0. The van der Waals surface area contributed by atoms with Gasteiger partial charge in [-0.1, -0.05) is 6.08 Å². The first-order valence-electron chi connectivity index (χ1n) is 6.55. The molecule has 102 valence electrons. The van der Waals surface area contributed by atoms with Gasteiger partial charge in [0, 0.05) is 12.8 Å². The Morgan fingerprint density at radius 2 is 1.67 bits per heavy atom. The Kier molecular flexibility index (Phi) is 3.35. The molecule has 1 saturated heterocycles. The predicted molar refractivity (Wildman–Crippen MR) is 67.6 cm³/mol. The van der Waals surface area contributed by atoms with Gasteiger partial charge in [0.15, 0.2) is 0 Å². The molecule has 0 atom stereocenters. The third-order valence-electron chi connectivity index (χ3n) is 4.23. The molecule has 0 saturated carbocycles. The van der Waals surface area contributed by atoms with E-state index >= 15 is 0 Å². The predicted octanol–water partition coefficient (Wildman–Crippen LogP) is 3.75. The number of hydrogen-bond acceptors (Lipinski definition) is 2. The minimum absolute atomic E-state index is 0.0491. The first kappa shape index (κ1) is 14.0. The Labute approximate surface area is 108 Å². The molecule has 1 fully saturated rings. The Bertz CT molecular complexity index is 348. The van der Waals surface area contributed by atoms with Crippen LogP contribution >= 0.6 is 0 Å². The maximum atomic E-state index is 13.3. The Balaban J connectivity index is 2.12. The molecule has 0 aromatic carbocycles. The van der Waals surface area contributed by atoms with Crippen LogP contribution in [0.4, 0.5) is 8.78 Å². The zero-order valence-electron chi connectivity index (χ0n) is 11.6. The first-order valence-corrected chi connectivity index (χ1v) is 6.55. The molecule has 2 rings (SSSR count). The molecule has 1 aliphatic carbocycles. The highest BCUT2D eigenvalue weighted by Gasteiger charge is 2.52. The number of alkyl halides is 2. The summed E-state index contributed by atoms with van der Waals surface area (Å²) in [6.45, 7) is 7.88. The minimum atomic E-state index is -2.58. The molecule has 5 heteroatoms. The van der Waals surface area contributed by atoms with Gasteiger partial charge < -0.3 is 9.31 Å². The second-order valence-corrected chi connectivity index (χ2v) is 6.28. The van der Waals surface area contributed by atoms with E-state index in [1.807, 2.05) is 27.7 Å². The standard InChI is InChI=1S/C13H21BF2O2/c1-11(2)12(3,4)18-14(17-11)10-6-5-8-13(15,16)9-7-10/h7H,5-6,8-9H2,1-4H3. The average Bonchev–Trinajstić information content (AvgIpc) is 2.35. The third kappa shape index (κ3) is 2.62. The molecular weight excluding hydrogens is 237 g/mol. The van der Waals surface area contributed by atoms with E-state index in [2.05, 4.69) is 0 Å². The quantitative estimate of drug-likeness (QED) is 0.667. The molecule has 18 heavy (non-hydrogen) atoms. The number of allylic oxidation sites excluding steroid dienone is 2. The summed E-state index contributed by atoms with van der Waals surface area (Å²) in [6.07, 6.45) is 2.48. The maximum Gasteiger partial charge on any atom is 0.490 e. The summed E-state index contributed by atoms with van der Waals surface area (Å²) in [6, 6.07) is 0. The van der Waals surface area contributed by atoms with Gasteiger partial charge >= 0.3 is 7.12 Å². The van der Waals surface area contributed by atoms with Gasteiger partial charge in [-0.15, -0.1) is 0 Å². The van der Waals surface area contributed by atoms with Crippen molar-refractivity contribution in [3.63, 3.8) is 0 Å². The van der Waals surface area contributed by atoms with E-state index in [9.17, 15) is 8.78 Å². The topological polar surface area (TPSA) is 18.5 Å². The van der Waals surface area contributed by atoms with Crippen molar-refractivity contribution in [2.75, 3.05) is 0 Å². The lowest BCUT2D eigenvalue weighted by molar-refractivity contribution is -0.00418. The van der Waals surface area contributed by atoms with Crippen molar-refractivity contribution < 1.29 is 18.1 Å². The molecule has 1 aliphatic heterocycles. The van der Waals surface area contributed by atoms with Gasteiger partial charge in [-0.05, 0) is 46.0 Å². The molecule has 1 heterocycles. The van der Waals surface area contributed by atoms with E-state index in [0.29, 0.717) is 12.8 Å². The van der Waals surface area contributed by atoms with Crippen LogP contribution in [0.3, 0.4) is 0 Å². The second-order valence-electron chi connectivity index (χ2n) is 6.28. The van der Waals surface area contributed by atoms with Crippen molar-refractivity contribution in [3.8, 4) is 0 Å². The van der Waals surface area contributed by atoms with Gasteiger partial charge in [-0.25, -0.2) is 8.78 Å². The summed E-state index contributed by atoms with van der Waals surface area (Å²) >= 11 is 0. The van der Waals surface area contributed by atoms with Crippen molar-refractivity contribution in [1.82, 2.24) is 0 Å². The van der Waals surface area contributed by atoms with Gasteiger partial charge in [0.05, 0.1) is 11.2 Å². The highest BCUT2D eigenvalue weighted by atomic mass is 19.3. The van der Waals surface area contributed by atoms with E-state index in [-0.39, 0.29) is 12.8 Å². The number of halogens is 2. The lowest BCUT2D eigenvalue weighted by atomic mass is 9.75. The molecule has 0 spiro atoms.